The summed E-state index contributed by atoms with van der Waals surface area (Å²) in [5.41, 5.74) is 3.24. The summed E-state index contributed by atoms with van der Waals surface area (Å²) in [5, 5.41) is 2.49. The molecule has 1 N–H and O–H groups in total. The minimum Gasteiger partial charge on any atom is -0.465 e. The Hall–Kier alpha value is -4.80. The molecule has 10 nitrogen and oxygen atoms in total. The maximum Gasteiger partial charge on any atom is 0.412 e. The lowest BCUT2D eigenvalue weighted by Gasteiger charge is -2.20. The SMILES string of the molecule is COC(=O)Nc1ccc(-c2cnc3c(C)cc(N(C)C(=O)c4ccc(F)cc4C(=O)OC)cn23)cn1. The molecule has 0 radical (unpaired) electrons. The highest BCUT2D eigenvalue weighted by molar-refractivity contribution is 6.12. The molecular weight excluding hydrogens is 469 g/mol. The molecule has 0 aliphatic heterocycles. The van der Waals surface area contributed by atoms with Gasteiger partial charge in [-0.1, -0.05) is 0 Å². The van der Waals surface area contributed by atoms with E-state index in [1.54, 1.807) is 43.8 Å². The van der Waals surface area contributed by atoms with Gasteiger partial charge in [0.2, 0.25) is 0 Å². The third-order valence-corrected chi connectivity index (χ3v) is 5.56. The molecule has 3 heterocycles. The van der Waals surface area contributed by atoms with Crippen LogP contribution in [0.4, 0.5) is 20.7 Å². The average Bonchev–Trinajstić information content (AvgIpc) is 3.32. The van der Waals surface area contributed by atoms with Crippen molar-refractivity contribution in [1.29, 1.82) is 0 Å². The summed E-state index contributed by atoms with van der Waals surface area (Å²) < 4.78 is 24.8. The van der Waals surface area contributed by atoms with Gasteiger partial charge in [-0.05, 0) is 48.9 Å². The molecule has 0 bridgehead atoms. The first-order valence-electron chi connectivity index (χ1n) is 10.7. The van der Waals surface area contributed by atoms with Gasteiger partial charge in [-0.2, -0.15) is 0 Å². The van der Waals surface area contributed by atoms with E-state index in [1.165, 1.54) is 18.1 Å². The van der Waals surface area contributed by atoms with Gasteiger partial charge < -0.3 is 14.4 Å². The summed E-state index contributed by atoms with van der Waals surface area (Å²) in [6, 6.07) is 8.51. The van der Waals surface area contributed by atoms with Crippen LogP contribution in [0.3, 0.4) is 0 Å². The molecule has 0 atom stereocenters. The number of anilines is 2. The Balaban J connectivity index is 1.71. The quantitative estimate of drug-likeness (QED) is 0.418. The van der Waals surface area contributed by atoms with E-state index in [1.807, 2.05) is 11.3 Å². The van der Waals surface area contributed by atoms with Crippen LogP contribution in [0, 0.1) is 12.7 Å². The van der Waals surface area contributed by atoms with Crippen molar-refractivity contribution < 1.29 is 28.2 Å². The van der Waals surface area contributed by atoms with Gasteiger partial charge in [0.25, 0.3) is 5.91 Å². The van der Waals surface area contributed by atoms with E-state index in [2.05, 4.69) is 20.0 Å². The maximum absolute atomic E-state index is 13.8. The molecule has 0 aliphatic rings. The highest BCUT2D eigenvalue weighted by Crippen LogP contribution is 2.27. The number of halogens is 1. The standard InChI is InChI=1S/C25H22FN5O5/c1-14-9-17(30(2)23(32)18-7-6-16(26)10-19(18)24(33)35-3)13-31-20(12-28-22(14)31)15-5-8-21(27-11-15)29-25(34)36-4/h5-13H,1-4H3,(H,27,29,34). The number of fused-ring (bicyclic) bond motifs is 1. The summed E-state index contributed by atoms with van der Waals surface area (Å²) >= 11 is 0. The van der Waals surface area contributed by atoms with Gasteiger partial charge in [0.05, 0.1) is 42.9 Å². The van der Waals surface area contributed by atoms with Gasteiger partial charge in [-0.3, -0.25) is 14.5 Å². The van der Waals surface area contributed by atoms with Crippen LogP contribution in [0.5, 0.6) is 0 Å². The van der Waals surface area contributed by atoms with Gasteiger partial charge in [-0.25, -0.2) is 23.9 Å². The van der Waals surface area contributed by atoms with Crippen LogP contribution in [0.15, 0.2) is 55.0 Å². The number of hydrogen-bond acceptors (Lipinski definition) is 7. The Morgan fingerprint density at radius 1 is 1.00 bits per heavy atom. The summed E-state index contributed by atoms with van der Waals surface area (Å²) in [4.78, 5) is 46.9. The van der Waals surface area contributed by atoms with Gasteiger partial charge >= 0.3 is 12.1 Å². The number of imidazole rings is 1. The number of methoxy groups -OCH3 is 2. The molecule has 0 saturated heterocycles. The Bertz CT molecular complexity index is 1480. The molecule has 184 valence electrons. The number of carbonyl (C=O) groups is 3. The van der Waals surface area contributed by atoms with E-state index >= 15 is 0 Å². The number of benzene rings is 1. The highest BCUT2D eigenvalue weighted by Gasteiger charge is 2.23. The van der Waals surface area contributed by atoms with E-state index in [9.17, 15) is 18.8 Å². The van der Waals surface area contributed by atoms with Crippen LogP contribution in [0.1, 0.15) is 26.3 Å². The number of rotatable bonds is 5. The molecule has 36 heavy (non-hydrogen) atoms. The molecule has 4 aromatic rings. The van der Waals surface area contributed by atoms with Crippen LogP contribution < -0.4 is 10.2 Å². The van der Waals surface area contributed by atoms with Gasteiger partial charge in [0.15, 0.2) is 0 Å². The third-order valence-electron chi connectivity index (χ3n) is 5.56. The second-order valence-electron chi connectivity index (χ2n) is 7.81. The molecular formula is C25H22FN5O5. The highest BCUT2D eigenvalue weighted by atomic mass is 19.1. The molecule has 0 saturated carbocycles. The predicted octanol–water partition coefficient (Wildman–Crippen LogP) is 4.09. The number of nitrogens with zero attached hydrogens (tertiary/aromatic N) is 4. The van der Waals surface area contributed by atoms with Crippen molar-refractivity contribution >= 4 is 35.1 Å². The summed E-state index contributed by atoms with van der Waals surface area (Å²) in [6.45, 7) is 1.85. The van der Waals surface area contributed by atoms with Crippen LogP contribution in [0.25, 0.3) is 16.9 Å². The zero-order chi connectivity index (χ0) is 26.0. The number of ether oxygens (including phenoxy) is 2. The Kier molecular flexibility index (Phi) is 6.64. The van der Waals surface area contributed by atoms with E-state index in [4.69, 9.17) is 4.74 Å². The van der Waals surface area contributed by atoms with Crippen molar-refractivity contribution in [2.24, 2.45) is 0 Å². The average molecular weight is 491 g/mol. The normalized spacial score (nSPS) is 10.7. The zero-order valence-corrected chi connectivity index (χ0v) is 19.9. The summed E-state index contributed by atoms with van der Waals surface area (Å²) in [5.74, 6) is -1.66. The van der Waals surface area contributed by atoms with Crippen molar-refractivity contribution in [1.82, 2.24) is 14.4 Å². The Labute approximate surface area is 205 Å². The minimum atomic E-state index is -0.813. The lowest BCUT2D eigenvalue weighted by molar-refractivity contribution is 0.0596. The lowest BCUT2D eigenvalue weighted by atomic mass is 10.1. The molecule has 3 aromatic heterocycles. The van der Waals surface area contributed by atoms with Crippen molar-refractivity contribution in [3.8, 4) is 11.3 Å². The number of hydrogen-bond donors (Lipinski definition) is 1. The summed E-state index contributed by atoms with van der Waals surface area (Å²) in [7, 11) is 3.98. The van der Waals surface area contributed by atoms with Crippen LogP contribution in [-0.4, -0.2) is 53.6 Å². The molecule has 1 aromatic carbocycles. The van der Waals surface area contributed by atoms with Crippen LogP contribution >= 0.6 is 0 Å². The fraction of sp³-hybridized carbons (Fsp3) is 0.160. The number of aryl methyl sites for hydroxylation is 1. The number of pyridine rings is 2. The van der Waals surface area contributed by atoms with E-state index < -0.39 is 23.8 Å². The minimum absolute atomic E-state index is 0.00671. The van der Waals surface area contributed by atoms with Crippen LogP contribution in [-0.2, 0) is 9.47 Å². The Morgan fingerprint density at radius 3 is 2.44 bits per heavy atom. The van der Waals surface area contributed by atoms with Crippen molar-refractivity contribution in [3.05, 3.63) is 77.5 Å². The monoisotopic (exact) mass is 491 g/mol. The zero-order valence-electron chi connectivity index (χ0n) is 19.9. The first-order chi connectivity index (χ1) is 17.2. The first-order valence-corrected chi connectivity index (χ1v) is 10.7. The smallest absolute Gasteiger partial charge is 0.412 e. The fourth-order valence-corrected chi connectivity index (χ4v) is 3.69. The summed E-state index contributed by atoms with van der Waals surface area (Å²) in [6.07, 6.45) is 4.35. The molecule has 2 amide bonds. The van der Waals surface area contributed by atoms with Gasteiger partial charge in [-0.15, -0.1) is 0 Å². The van der Waals surface area contributed by atoms with E-state index in [-0.39, 0.29) is 11.1 Å². The largest absolute Gasteiger partial charge is 0.465 e. The second-order valence-corrected chi connectivity index (χ2v) is 7.81. The Morgan fingerprint density at radius 2 is 1.78 bits per heavy atom. The predicted molar refractivity (Wildman–Crippen MR) is 130 cm³/mol. The molecule has 0 unspecified atom stereocenters. The number of aromatic nitrogens is 3. The molecule has 0 fully saturated rings. The number of esters is 1. The fourth-order valence-electron chi connectivity index (χ4n) is 3.69. The topological polar surface area (TPSA) is 115 Å². The van der Waals surface area contributed by atoms with Gasteiger partial charge in [0, 0.05) is 25.0 Å². The third kappa shape index (κ3) is 4.58. The molecule has 0 spiro atoms. The maximum atomic E-state index is 13.8. The van der Waals surface area contributed by atoms with Crippen molar-refractivity contribution in [3.63, 3.8) is 0 Å². The van der Waals surface area contributed by atoms with E-state index in [0.717, 1.165) is 30.4 Å². The first kappa shape index (κ1) is 24.3. The number of amides is 2. The van der Waals surface area contributed by atoms with Crippen LogP contribution in [0.2, 0.25) is 0 Å². The van der Waals surface area contributed by atoms with Crippen molar-refractivity contribution in [2.75, 3.05) is 31.5 Å². The lowest BCUT2D eigenvalue weighted by Crippen LogP contribution is -2.28. The van der Waals surface area contributed by atoms with Gasteiger partial charge in [0.1, 0.15) is 17.3 Å². The molecule has 0 aliphatic carbocycles. The second kappa shape index (κ2) is 9.82. The van der Waals surface area contributed by atoms with Crippen molar-refractivity contribution in [2.45, 2.75) is 6.92 Å². The number of nitrogens with one attached hydrogen (secondary N) is 1. The molecule has 11 heteroatoms. The molecule has 4 rings (SSSR count). The number of carbonyl (C=O) groups excluding carboxylic acids is 3. The van der Waals surface area contributed by atoms with E-state index in [0.29, 0.717) is 22.8 Å².